The van der Waals surface area contributed by atoms with Gasteiger partial charge in [-0.25, -0.2) is 13.2 Å². The van der Waals surface area contributed by atoms with Gasteiger partial charge in [-0.2, -0.15) is 0 Å². The fourth-order valence-electron chi connectivity index (χ4n) is 3.16. The van der Waals surface area contributed by atoms with Crippen LogP contribution in [0.5, 0.6) is 0 Å². The maximum absolute atomic E-state index is 12.7. The molecule has 1 aromatic rings. The van der Waals surface area contributed by atoms with E-state index in [4.69, 9.17) is 4.74 Å². The number of non-ortho nitro benzene ring substituents is 1. The maximum Gasteiger partial charge on any atom is 0.341 e. The lowest BCUT2D eigenvalue weighted by Crippen LogP contribution is -2.46. The van der Waals surface area contributed by atoms with Crippen molar-refractivity contribution >= 4 is 33.1 Å². The minimum atomic E-state index is -3.17. The highest BCUT2D eigenvalue weighted by molar-refractivity contribution is 7.91. The molecule has 0 bridgehead atoms. The van der Waals surface area contributed by atoms with Crippen LogP contribution in [0.3, 0.4) is 0 Å². The van der Waals surface area contributed by atoms with Gasteiger partial charge in [0, 0.05) is 37.5 Å². The number of hydrogen-bond acceptors (Lipinski definition) is 8. The molecule has 154 valence electrons. The van der Waals surface area contributed by atoms with Gasteiger partial charge in [0.05, 0.1) is 22.0 Å². The van der Waals surface area contributed by atoms with Crippen molar-refractivity contribution in [3.63, 3.8) is 0 Å². The third-order valence-corrected chi connectivity index (χ3v) is 6.36. The Bertz CT molecular complexity index is 885. The molecule has 1 saturated heterocycles. The summed E-state index contributed by atoms with van der Waals surface area (Å²) in [5, 5.41) is 13.7. The van der Waals surface area contributed by atoms with Crippen molar-refractivity contribution in [2.45, 2.75) is 32.4 Å². The van der Waals surface area contributed by atoms with Crippen molar-refractivity contribution in [3.05, 3.63) is 33.9 Å². The molecule has 0 radical (unpaired) electrons. The van der Waals surface area contributed by atoms with E-state index in [1.165, 1.54) is 24.0 Å². The van der Waals surface area contributed by atoms with Gasteiger partial charge in [0.25, 0.3) is 11.6 Å². The van der Waals surface area contributed by atoms with Gasteiger partial charge in [0.15, 0.2) is 15.9 Å². The van der Waals surface area contributed by atoms with Gasteiger partial charge in [0.1, 0.15) is 0 Å². The molecule has 1 amide bonds. The van der Waals surface area contributed by atoms with E-state index in [1.54, 1.807) is 14.0 Å². The predicted molar refractivity (Wildman–Crippen MR) is 102 cm³/mol. The summed E-state index contributed by atoms with van der Waals surface area (Å²) in [6.07, 6.45) is -0.822. The van der Waals surface area contributed by atoms with Crippen LogP contribution in [0.15, 0.2) is 18.2 Å². The number of nitrogens with zero attached hydrogens (tertiary/aromatic N) is 2. The number of nitro groups is 1. The Kier molecular flexibility index (Phi) is 6.60. The highest BCUT2D eigenvalue weighted by Crippen LogP contribution is 2.24. The van der Waals surface area contributed by atoms with Crippen LogP contribution in [0.2, 0.25) is 0 Å². The monoisotopic (exact) mass is 413 g/mol. The molecule has 0 unspecified atom stereocenters. The Hall–Kier alpha value is -2.69. The van der Waals surface area contributed by atoms with E-state index in [9.17, 15) is 28.1 Å². The van der Waals surface area contributed by atoms with Crippen molar-refractivity contribution < 1.29 is 27.7 Å². The second-order valence-electron chi connectivity index (χ2n) is 6.47. The maximum atomic E-state index is 12.7. The smallest absolute Gasteiger partial charge is 0.341 e. The minimum Gasteiger partial charge on any atom is -0.449 e. The number of hydrogen-bond donors (Lipinski definition) is 1. The first-order valence-electron chi connectivity index (χ1n) is 8.77. The number of anilines is 1. The summed E-state index contributed by atoms with van der Waals surface area (Å²) < 4.78 is 28.6. The summed E-state index contributed by atoms with van der Waals surface area (Å²) in [5.41, 5.74) is -0.0244. The van der Waals surface area contributed by atoms with Crippen LogP contribution in [0, 0.1) is 10.1 Å². The summed E-state index contributed by atoms with van der Waals surface area (Å²) in [7, 11) is -1.62. The fraction of sp³-hybridized carbons (Fsp3) is 0.529. The van der Waals surface area contributed by atoms with Gasteiger partial charge >= 0.3 is 5.97 Å². The Morgan fingerprint density at radius 1 is 1.43 bits per heavy atom. The number of benzene rings is 1. The van der Waals surface area contributed by atoms with Gasteiger partial charge < -0.3 is 15.0 Å². The first-order chi connectivity index (χ1) is 13.1. The number of carbonyl (C=O) groups is 2. The molecule has 0 aromatic heterocycles. The van der Waals surface area contributed by atoms with E-state index in [-0.39, 0.29) is 29.3 Å². The zero-order valence-electron chi connectivity index (χ0n) is 15.9. The molecular formula is C17H23N3O7S. The average molecular weight is 413 g/mol. The highest BCUT2D eigenvalue weighted by Gasteiger charge is 2.36. The number of rotatable bonds is 7. The van der Waals surface area contributed by atoms with Crippen LogP contribution in [0.1, 0.15) is 30.6 Å². The molecule has 1 aromatic carbocycles. The topological polar surface area (TPSA) is 136 Å². The van der Waals surface area contributed by atoms with E-state index in [2.05, 4.69) is 5.32 Å². The number of esters is 1. The van der Waals surface area contributed by atoms with Gasteiger partial charge in [-0.15, -0.1) is 0 Å². The SMILES string of the molecule is CCN(C(=O)[C@@H](C)OC(=O)c1cc([N+](=O)[O-])ccc1NC)[C@H]1CCS(=O)(=O)C1. The van der Waals surface area contributed by atoms with Crippen LogP contribution in [0.4, 0.5) is 11.4 Å². The molecule has 0 spiro atoms. The number of carbonyl (C=O) groups excluding carboxylic acids is 2. The summed E-state index contributed by atoms with van der Waals surface area (Å²) >= 11 is 0. The molecule has 10 nitrogen and oxygen atoms in total. The lowest BCUT2D eigenvalue weighted by atomic mass is 10.1. The number of nitrogens with one attached hydrogen (secondary N) is 1. The van der Waals surface area contributed by atoms with Gasteiger partial charge in [-0.05, 0) is 26.3 Å². The summed E-state index contributed by atoms with van der Waals surface area (Å²) in [6, 6.07) is 3.25. The van der Waals surface area contributed by atoms with Crippen LogP contribution in [-0.4, -0.2) is 67.4 Å². The molecule has 1 N–H and O–H groups in total. The van der Waals surface area contributed by atoms with Gasteiger partial charge in [0.2, 0.25) is 0 Å². The largest absolute Gasteiger partial charge is 0.449 e. The Balaban J connectivity index is 2.16. The highest BCUT2D eigenvalue weighted by atomic mass is 32.2. The predicted octanol–water partition coefficient (Wildman–Crippen LogP) is 1.22. The van der Waals surface area contributed by atoms with E-state index < -0.39 is 38.8 Å². The van der Waals surface area contributed by atoms with Gasteiger partial charge in [-0.1, -0.05) is 0 Å². The third-order valence-electron chi connectivity index (χ3n) is 4.61. The van der Waals surface area contributed by atoms with Crippen molar-refractivity contribution in [3.8, 4) is 0 Å². The molecule has 1 aliphatic rings. The minimum absolute atomic E-state index is 0.0226. The third kappa shape index (κ3) is 4.77. The Labute approximate surface area is 162 Å². The van der Waals surface area contributed by atoms with Gasteiger partial charge in [-0.3, -0.25) is 14.9 Å². The molecular weight excluding hydrogens is 390 g/mol. The van der Waals surface area contributed by atoms with E-state index in [1.807, 2.05) is 0 Å². The average Bonchev–Trinajstić information content (AvgIpc) is 3.00. The number of nitro benzene ring substituents is 1. The fourth-order valence-corrected chi connectivity index (χ4v) is 4.89. The van der Waals surface area contributed by atoms with Crippen LogP contribution in [-0.2, 0) is 19.4 Å². The van der Waals surface area contributed by atoms with Crippen molar-refractivity contribution in [2.24, 2.45) is 0 Å². The van der Waals surface area contributed by atoms with E-state index in [0.717, 1.165) is 6.07 Å². The number of amides is 1. The molecule has 2 atom stereocenters. The Morgan fingerprint density at radius 2 is 2.11 bits per heavy atom. The zero-order valence-corrected chi connectivity index (χ0v) is 16.7. The molecule has 1 heterocycles. The first-order valence-corrected chi connectivity index (χ1v) is 10.6. The summed E-state index contributed by atoms with van der Waals surface area (Å²) in [4.78, 5) is 36.9. The number of ether oxygens (including phenoxy) is 1. The molecule has 2 rings (SSSR count). The molecule has 0 aliphatic carbocycles. The quantitative estimate of drug-likeness (QED) is 0.400. The number of sulfone groups is 1. The second-order valence-corrected chi connectivity index (χ2v) is 8.69. The first kappa shape index (κ1) is 21.6. The molecule has 1 aliphatic heterocycles. The summed E-state index contributed by atoms with van der Waals surface area (Å²) in [6.45, 7) is 3.39. The van der Waals surface area contributed by atoms with Crippen LogP contribution < -0.4 is 5.32 Å². The summed E-state index contributed by atoms with van der Waals surface area (Å²) in [5.74, 6) is -1.48. The molecule has 28 heavy (non-hydrogen) atoms. The normalized spacial score (nSPS) is 18.9. The van der Waals surface area contributed by atoms with E-state index >= 15 is 0 Å². The van der Waals surface area contributed by atoms with Crippen LogP contribution >= 0.6 is 0 Å². The Morgan fingerprint density at radius 3 is 2.61 bits per heavy atom. The molecule has 0 saturated carbocycles. The molecule has 1 fully saturated rings. The second kappa shape index (κ2) is 8.55. The molecule has 11 heteroatoms. The van der Waals surface area contributed by atoms with Crippen molar-refractivity contribution in [1.29, 1.82) is 0 Å². The van der Waals surface area contributed by atoms with Crippen LogP contribution in [0.25, 0.3) is 0 Å². The van der Waals surface area contributed by atoms with E-state index in [0.29, 0.717) is 12.1 Å². The standard InChI is InChI=1S/C17H23N3O7S/c1-4-19(13-7-8-28(25,26)10-13)16(21)11(2)27-17(22)14-9-12(20(23)24)5-6-15(14)18-3/h5-6,9,11,13,18H,4,7-8,10H2,1-3H3/t11-,13+/m1/s1. The zero-order chi connectivity index (χ0) is 21.1. The van der Waals surface area contributed by atoms with Crippen molar-refractivity contribution in [2.75, 3.05) is 30.4 Å². The number of likely N-dealkylation sites (N-methyl/N-ethyl adjacent to an activating group) is 1. The lowest BCUT2D eigenvalue weighted by molar-refractivity contribution is -0.384. The lowest BCUT2D eigenvalue weighted by Gasteiger charge is -2.29. The van der Waals surface area contributed by atoms with Crippen molar-refractivity contribution in [1.82, 2.24) is 4.90 Å².